The minimum Gasteiger partial charge on any atom is -0.357 e. The summed E-state index contributed by atoms with van der Waals surface area (Å²) in [4.78, 5) is 17.5. The van der Waals surface area contributed by atoms with Gasteiger partial charge in [0.05, 0.1) is 23.0 Å². The molecule has 2 heterocycles. The van der Waals surface area contributed by atoms with Gasteiger partial charge in [0.1, 0.15) is 10.8 Å². The molecular formula is C21H19N5OS2. The highest BCUT2D eigenvalue weighted by molar-refractivity contribution is 8.01. The standard InChI is InChI=1S/C21H19N5OS2/c1-13-19(15-8-4-3-5-9-15)20(23-17-11-7-6-10-16(17)22-13)24-18(27)12-28-21-26-25-14(2)29-21/h3-11,19,22H,1,12H2,2H3,(H,23,24,27). The van der Waals surface area contributed by atoms with Gasteiger partial charge in [-0.3, -0.25) is 4.79 Å². The van der Waals surface area contributed by atoms with Gasteiger partial charge >= 0.3 is 0 Å². The minimum atomic E-state index is -0.277. The minimum absolute atomic E-state index is 0.144. The third-order valence-corrected chi connectivity index (χ3v) is 6.27. The van der Waals surface area contributed by atoms with Crippen molar-refractivity contribution in [3.8, 4) is 0 Å². The molecule has 1 aliphatic heterocycles. The third kappa shape index (κ3) is 4.55. The zero-order valence-electron chi connectivity index (χ0n) is 15.8. The van der Waals surface area contributed by atoms with Gasteiger partial charge < -0.3 is 10.6 Å². The van der Waals surface area contributed by atoms with Crippen LogP contribution in [0.4, 0.5) is 11.4 Å². The normalized spacial score (nSPS) is 15.7. The molecule has 8 heteroatoms. The summed E-state index contributed by atoms with van der Waals surface area (Å²) in [7, 11) is 0. The molecule has 0 aliphatic carbocycles. The molecular weight excluding hydrogens is 402 g/mol. The molecule has 29 heavy (non-hydrogen) atoms. The van der Waals surface area contributed by atoms with E-state index in [-0.39, 0.29) is 17.6 Å². The molecule has 0 fully saturated rings. The maximum absolute atomic E-state index is 12.7. The van der Waals surface area contributed by atoms with Crippen LogP contribution in [0.3, 0.4) is 0 Å². The van der Waals surface area contributed by atoms with Gasteiger partial charge in [0.25, 0.3) is 0 Å². The topological polar surface area (TPSA) is 79.3 Å². The fraction of sp³-hybridized carbons (Fsp3) is 0.143. The monoisotopic (exact) mass is 421 g/mol. The van der Waals surface area contributed by atoms with Gasteiger partial charge in [0.15, 0.2) is 4.34 Å². The number of benzene rings is 2. The molecule has 2 aromatic carbocycles. The molecule has 1 unspecified atom stereocenters. The summed E-state index contributed by atoms with van der Waals surface area (Å²) in [6, 6.07) is 17.6. The van der Waals surface area contributed by atoms with Gasteiger partial charge in [-0.25, -0.2) is 4.99 Å². The molecule has 0 radical (unpaired) electrons. The van der Waals surface area contributed by atoms with Crippen LogP contribution in [-0.4, -0.2) is 27.7 Å². The first kappa shape index (κ1) is 19.4. The lowest BCUT2D eigenvalue weighted by molar-refractivity contribution is -0.117. The largest absolute Gasteiger partial charge is 0.357 e. The molecule has 2 N–H and O–H groups in total. The van der Waals surface area contributed by atoms with Gasteiger partial charge in [-0.05, 0) is 24.6 Å². The number of para-hydroxylation sites is 2. The first-order chi connectivity index (χ1) is 14.1. The van der Waals surface area contributed by atoms with E-state index >= 15 is 0 Å². The molecule has 4 rings (SSSR count). The van der Waals surface area contributed by atoms with Gasteiger partial charge in [-0.2, -0.15) is 0 Å². The molecule has 1 atom stereocenters. The molecule has 1 aliphatic rings. The highest BCUT2D eigenvalue weighted by atomic mass is 32.2. The van der Waals surface area contributed by atoms with Crippen LogP contribution in [0.1, 0.15) is 16.5 Å². The van der Waals surface area contributed by atoms with Crippen LogP contribution in [0.5, 0.6) is 0 Å². The van der Waals surface area contributed by atoms with Crippen LogP contribution in [0.15, 0.2) is 76.2 Å². The van der Waals surface area contributed by atoms with Crippen LogP contribution in [-0.2, 0) is 4.79 Å². The number of fused-ring (bicyclic) bond motifs is 1. The van der Waals surface area contributed by atoms with E-state index in [9.17, 15) is 4.79 Å². The molecule has 1 aromatic heterocycles. The van der Waals surface area contributed by atoms with E-state index in [1.54, 1.807) is 0 Å². The fourth-order valence-corrected chi connectivity index (χ4v) is 4.64. The molecule has 1 amide bonds. The zero-order chi connectivity index (χ0) is 20.2. The summed E-state index contributed by atoms with van der Waals surface area (Å²) in [5.74, 6) is 0.366. The van der Waals surface area contributed by atoms with Crippen molar-refractivity contribution in [3.05, 3.63) is 77.4 Å². The molecule has 0 bridgehead atoms. The Morgan fingerprint density at radius 3 is 2.69 bits per heavy atom. The van der Waals surface area contributed by atoms with E-state index in [1.807, 2.05) is 61.5 Å². The zero-order valence-corrected chi connectivity index (χ0v) is 17.4. The number of amides is 1. The first-order valence-electron chi connectivity index (χ1n) is 9.01. The van der Waals surface area contributed by atoms with Crippen molar-refractivity contribution in [2.45, 2.75) is 17.2 Å². The van der Waals surface area contributed by atoms with E-state index in [0.717, 1.165) is 32.0 Å². The Balaban J connectivity index is 1.61. The number of hydrogen-bond acceptors (Lipinski definition) is 7. The Morgan fingerprint density at radius 1 is 1.17 bits per heavy atom. The van der Waals surface area contributed by atoms with E-state index < -0.39 is 0 Å². The van der Waals surface area contributed by atoms with Crippen LogP contribution in [0.25, 0.3) is 0 Å². The third-order valence-electron chi connectivity index (χ3n) is 4.30. The summed E-state index contributed by atoms with van der Waals surface area (Å²) in [6.45, 7) is 6.11. The van der Waals surface area contributed by atoms with E-state index in [2.05, 4.69) is 27.4 Å². The van der Waals surface area contributed by atoms with Crippen molar-refractivity contribution in [2.24, 2.45) is 4.99 Å². The van der Waals surface area contributed by atoms with E-state index in [1.165, 1.54) is 23.1 Å². The number of nitrogens with one attached hydrogen (secondary N) is 2. The summed E-state index contributed by atoms with van der Waals surface area (Å²) >= 11 is 2.84. The second kappa shape index (κ2) is 8.59. The Hall–Kier alpha value is -2.97. The van der Waals surface area contributed by atoms with E-state index in [0.29, 0.717) is 5.84 Å². The quantitative estimate of drug-likeness (QED) is 0.606. The number of nitrogens with zero attached hydrogens (tertiary/aromatic N) is 3. The van der Waals surface area contributed by atoms with Crippen molar-refractivity contribution in [3.63, 3.8) is 0 Å². The number of aliphatic imine (C=N–C) groups is 1. The number of carbonyl (C=O) groups is 1. The average molecular weight is 422 g/mol. The molecule has 0 saturated heterocycles. The summed E-state index contributed by atoms with van der Waals surface area (Å²) in [5, 5.41) is 15.3. The Bertz CT molecular complexity index is 1080. The van der Waals surface area contributed by atoms with Crippen LogP contribution in [0.2, 0.25) is 0 Å². The fourth-order valence-electron chi connectivity index (χ4n) is 3.03. The molecule has 6 nitrogen and oxygen atoms in total. The second-order valence-corrected chi connectivity index (χ2v) is 8.84. The second-order valence-electron chi connectivity index (χ2n) is 6.43. The van der Waals surface area contributed by atoms with Gasteiger partial charge in [0, 0.05) is 5.70 Å². The number of aryl methyl sites for hydroxylation is 1. The lowest BCUT2D eigenvalue weighted by Gasteiger charge is -2.21. The van der Waals surface area contributed by atoms with Crippen molar-refractivity contribution in [2.75, 3.05) is 11.1 Å². The Morgan fingerprint density at radius 2 is 1.93 bits per heavy atom. The maximum atomic E-state index is 12.7. The number of carbonyl (C=O) groups excluding carboxylic acids is 1. The SMILES string of the molecule is C=C1Nc2ccccc2N=C(NC(=O)CSc2nnc(C)s2)C1c1ccccc1. The number of amidine groups is 1. The maximum Gasteiger partial charge on any atom is 0.235 e. The molecule has 146 valence electrons. The highest BCUT2D eigenvalue weighted by Crippen LogP contribution is 2.35. The summed E-state index contributed by atoms with van der Waals surface area (Å²) < 4.78 is 0.775. The number of aromatic nitrogens is 2. The highest BCUT2D eigenvalue weighted by Gasteiger charge is 2.27. The van der Waals surface area contributed by atoms with E-state index in [4.69, 9.17) is 4.99 Å². The average Bonchev–Trinajstić information content (AvgIpc) is 3.08. The number of thioether (sulfide) groups is 1. The van der Waals surface area contributed by atoms with Crippen molar-refractivity contribution < 1.29 is 4.79 Å². The van der Waals surface area contributed by atoms with Crippen molar-refractivity contribution in [1.29, 1.82) is 0 Å². The smallest absolute Gasteiger partial charge is 0.235 e. The Labute approximate surface area is 177 Å². The lowest BCUT2D eigenvalue weighted by atomic mass is 9.94. The molecule has 0 saturated carbocycles. The van der Waals surface area contributed by atoms with Gasteiger partial charge in [0.2, 0.25) is 5.91 Å². The molecule has 3 aromatic rings. The predicted molar refractivity (Wildman–Crippen MR) is 119 cm³/mol. The lowest BCUT2D eigenvalue weighted by Crippen LogP contribution is -2.36. The Kier molecular flexibility index (Phi) is 5.73. The van der Waals surface area contributed by atoms with Crippen molar-refractivity contribution in [1.82, 2.24) is 15.5 Å². The van der Waals surface area contributed by atoms with Crippen molar-refractivity contribution >= 4 is 46.2 Å². The van der Waals surface area contributed by atoms with Crippen LogP contribution in [0, 0.1) is 6.92 Å². The van der Waals surface area contributed by atoms with Crippen LogP contribution >= 0.6 is 23.1 Å². The van der Waals surface area contributed by atoms with Gasteiger partial charge in [-0.15, -0.1) is 10.2 Å². The molecule has 0 spiro atoms. The first-order valence-corrected chi connectivity index (χ1v) is 10.8. The summed E-state index contributed by atoms with van der Waals surface area (Å²) in [6.07, 6.45) is 0. The number of hydrogen-bond donors (Lipinski definition) is 2. The summed E-state index contributed by atoms with van der Waals surface area (Å²) in [5.41, 5.74) is 3.38. The van der Waals surface area contributed by atoms with Crippen LogP contribution < -0.4 is 10.6 Å². The van der Waals surface area contributed by atoms with Gasteiger partial charge in [-0.1, -0.05) is 72.1 Å². The number of rotatable bonds is 4. The number of anilines is 1. The predicted octanol–water partition coefficient (Wildman–Crippen LogP) is 4.51.